The van der Waals surface area contributed by atoms with Crippen molar-refractivity contribution in [2.24, 2.45) is 0 Å². The molecule has 27 heavy (non-hydrogen) atoms. The molecule has 0 aliphatic heterocycles. The minimum Gasteiger partial charge on any atom is -0.465 e. The average Bonchev–Trinajstić information content (AvgIpc) is 2.98. The lowest BCUT2D eigenvalue weighted by atomic mass is 10.0. The number of para-hydroxylation sites is 1. The third-order valence-electron chi connectivity index (χ3n) is 4.15. The number of carbonyl (C=O) groups is 3. The number of Topliss-reactive ketones (excluding diaryl/α,β-unsaturated/α-hetero) is 1. The molecule has 0 aliphatic carbocycles. The molecular weight excluding hydrogens is 346 g/mol. The third-order valence-corrected chi connectivity index (χ3v) is 4.15. The van der Waals surface area contributed by atoms with E-state index in [0.29, 0.717) is 33.5 Å². The van der Waals surface area contributed by atoms with Crippen molar-refractivity contribution in [3.63, 3.8) is 0 Å². The van der Waals surface area contributed by atoms with E-state index in [0.717, 1.165) is 0 Å². The van der Waals surface area contributed by atoms with Crippen LogP contribution in [0.4, 0.5) is 16.2 Å². The van der Waals surface area contributed by atoms with Crippen molar-refractivity contribution in [2.75, 3.05) is 17.7 Å². The monoisotopic (exact) mass is 365 g/mol. The highest BCUT2D eigenvalue weighted by Gasteiger charge is 2.19. The minimum atomic E-state index is -0.559. The number of hydrogen-bond donors (Lipinski definition) is 3. The number of esters is 1. The number of benzene rings is 2. The number of ether oxygens (including phenoxy) is 1. The van der Waals surface area contributed by atoms with Gasteiger partial charge in [0.05, 0.1) is 23.9 Å². The summed E-state index contributed by atoms with van der Waals surface area (Å²) in [6.07, 6.45) is 0. The number of methoxy groups -OCH3 is 1. The molecule has 0 radical (unpaired) electrons. The lowest BCUT2D eigenvalue weighted by molar-refractivity contribution is 0.0600. The lowest BCUT2D eigenvalue weighted by Gasteiger charge is -2.10. The first-order valence-corrected chi connectivity index (χ1v) is 8.29. The van der Waals surface area contributed by atoms with E-state index in [2.05, 4.69) is 15.6 Å². The molecule has 2 aromatic carbocycles. The number of hydrogen-bond acceptors (Lipinski definition) is 4. The SMILES string of the molecule is COC(=O)c1cc(NC(=O)Nc2ccccc2)c2[nH]c(C)c(C(C)=O)c2c1. The predicted octanol–water partition coefficient (Wildman–Crippen LogP) is 4.11. The number of anilines is 2. The van der Waals surface area contributed by atoms with Gasteiger partial charge in [0.15, 0.2) is 5.78 Å². The molecule has 0 aliphatic rings. The zero-order valence-corrected chi connectivity index (χ0v) is 15.2. The van der Waals surface area contributed by atoms with Gasteiger partial charge < -0.3 is 20.4 Å². The fraction of sp³-hybridized carbons (Fsp3) is 0.150. The topological polar surface area (TPSA) is 100 Å². The van der Waals surface area contributed by atoms with Crippen LogP contribution in [0, 0.1) is 6.92 Å². The van der Waals surface area contributed by atoms with Gasteiger partial charge in [0, 0.05) is 22.3 Å². The quantitative estimate of drug-likeness (QED) is 0.478. The Morgan fingerprint density at radius 2 is 1.74 bits per heavy atom. The molecule has 7 nitrogen and oxygen atoms in total. The molecule has 0 saturated heterocycles. The summed E-state index contributed by atoms with van der Waals surface area (Å²) in [6.45, 7) is 3.22. The molecule has 0 unspecified atom stereocenters. The minimum absolute atomic E-state index is 0.138. The number of carbonyl (C=O) groups excluding carboxylic acids is 3. The first kappa shape index (κ1) is 18.2. The number of aromatic nitrogens is 1. The summed E-state index contributed by atoms with van der Waals surface area (Å²) >= 11 is 0. The van der Waals surface area contributed by atoms with Crippen LogP contribution < -0.4 is 10.6 Å². The second-order valence-corrected chi connectivity index (χ2v) is 6.06. The van der Waals surface area contributed by atoms with Gasteiger partial charge in [0.25, 0.3) is 0 Å². The van der Waals surface area contributed by atoms with E-state index in [1.165, 1.54) is 20.1 Å². The molecule has 1 heterocycles. The number of amides is 2. The van der Waals surface area contributed by atoms with Crippen molar-refractivity contribution in [3.05, 3.63) is 59.3 Å². The van der Waals surface area contributed by atoms with Crippen molar-refractivity contribution in [3.8, 4) is 0 Å². The number of rotatable bonds is 4. The van der Waals surface area contributed by atoms with Gasteiger partial charge in [-0.1, -0.05) is 18.2 Å². The first-order valence-electron chi connectivity index (χ1n) is 8.29. The zero-order valence-electron chi connectivity index (χ0n) is 15.2. The van der Waals surface area contributed by atoms with E-state index < -0.39 is 12.0 Å². The maximum Gasteiger partial charge on any atom is 0.337 e. The van der Waals surface area contributed by atoms with Crippen molar-refractivity contribution in [1.82, 2.24) is 4.98 Å². The molecule has 0 saturated carbocycles. The number of nitrogens with one attached hydrogen (secondary N) is 3. The Balaban J connectivity index is 2.05. The number of urea groups is 1. The Labute approximate surface area is 155 Å². The van der Waals surface area contributed by atoms with Crippen LogP contribution in [0.2, 0.25) is 0 Å². The van der Waals surface area contributed by atoms with Gasteiger partial charge in [0.2, 0.25) is 0 Å². The van der Waals surface area contributed by atoms with Crippen LogP contribution in [0.25, 0.3) is 10.9 Å². The number of aryl methyl sites for hydroxylation is 1. The predicted molar refractivity (Wildman–Crippen MR) is 103 cm³/mol. The Morgan fingerprint density at radius 3 is 2.37 bits per heavy atom. The van der Waals surface area contributed by atoms with Gasteiger partial charge in [-0.15, -0.1) is 0 Å². The number of H-pyrrole nitrogens is 1. The first-order chi connectivity index (χ1) is 12.9. The van der Waals surface area contributed by atoms with E-state index in [1.807, 2.05) is 6.07 Å². The van der Waals surface area contributed by atoms with Gasteiger partial charge >= 0.3 is 12.0 Å². The molecule has 138 valence electrons. The molecule has 3 aromatic rings. The molecule has 0 bridgehead atoms. The summed E-state index contributed by atoms with van der Waals surface area (Å²) in [5, 5.41) is 6.00. The summed E-state index contributed by atoms with van der Waals surface area (Å²) in [7, 11) is 1.27. The fourth-order valence-electron chi connectivity index (χ4n) is 3.02. The second-order valence-electron chi connectivity index (χ2n) is 6.06. The highest BCUT2D eigenvalue weighted by molar-refractivity contribution is 6.14. The van der Waals surface area contributed by atoms with Crippen LogP contribution in [0.15, 0.2) is 42.5 Å². The van der Waals surface area contributed by atoms with Gasteiger partial charge in [-0.3, -0.25) is 4.79 Å². The van der Waals surface area contributed by atoms with E-state index in [9.17, 15) is 14.4 Å². The highest BCUT2D eigenvalue weighted by atomic mass is 16.5. The van der Waals surface area contributed by atoms with Crippen molar-refractivity contribution in [2.45, 2.75) is 13.8 Å². The number of aromatic amines is 1. The van der Waals surface area contributed by atoms with Gasteiger partial charge in [-0.25, -0.2) is 9.59 Å². The summed E-state index contributed by atoms with van der Waals surface area (Å²) in [5.41, 5.74) is 2.93. The molecule has 3 rings (SSSR count). The van der Waals surface area contributed by atoms with Crippen LogP contribution in [-0.2, 0) is 4.74 Å². The van der Waals surface area contributed by atoms with Gasteiger partial charge in [-0.05, 0) is 38.1 Å². The van der Waals surface area contributed by atoms with Crippen molar-refractivity contribution in [1.29, 1.82) is 0 Å². The van der Waals surface area contributed by atoms with E-state index >= 15 is 0 Å². The van der Waals surface area contributed by atoms with Crippen LogP contribution in [-0.4, -0.2) is 29.9 Å². The fourth-order valence-corrected chi connectivity index (χ4v) is 3.02. The standard InChI is InChI=1S/C20H19N3O4/c1-11-17(12(2)24)15-9-13(19(25)27-3)10-16(18(15)21-11)23-20(26)22-14-7-5-4-6-8-14/h4-10,21H,1-3H3,(H2,22,23,26). The molecule has 3 N–H and O–H groups in total. The Kier molecular flexibility index (Phi) is 4.94. The van der Waals surface area contributed by atoms with Crippen molar-refractivity contribution >= 4 is 40.1 Å². The van der Waals surface area contributed by atoms with Crippen LogP contribution in [0.3, 0.4) is 0 Å². The summed E-state index contributed by atoms with van der Waals surface area (Å²) in [5.74, 6) is -0.697. The van der Waals surface area contributed by atoms with Crippen molar-refractivity contribution < 1.29 is 19.1 Å². The Bertz CT molecular complexity index is 1040. The lowest BCUT2D eigenvalue weighted by Crippen LogP contribution is -2.20. The molecule has 7 heteroatoms. The smallest absolute Gasteiger partial charge is 0.337 e. The van der Waals surface area contributed by atoms with Crippen LogP contribution in [0.5, 0.6) is 0 Å². The number of ketones is 1. The molecule has 0 atom stereocenters. The third kappa shape index (κ3) is 3.67. The van der Waals surface area contributed by atoms with Crippen LogP contribution >= 0.6 is 0 Å². The zero-order chi connectivity index (χ0) is 19.6. The largest absolute Gasteiger partial charge is 0.465 e. The maximum absolute atomic E-state index is 12.4. The summed E-state index contributed by atoms with van der Waals surface area (Å²) < 4.78 is 4.79. The molecular formula is C20H19N3O4. The molecule has 1 aromatic heterocycles. The summed E-state index contributed by atoms with van der Waals surface area (Å²) in [4.78, 5) is 39.6. The van der Waals surface area contributed by atoms with Gasteiger partial charge in [-0.2, -0.15) is 0 Å². The average molecular weight is 365 g/mol. The molecule has 2 amide bonds. The highest BCUT2D eigenvalue weighted by Crippen LogP contribution is 2.31. The Morgan fingerprint density at radius 1 is 1.04 bits per heavy atom. The summed E-state index contributed by atoms with van der Waals surface area (Å²) in [6, 6.07) is 11.6. The molecule has 0 fully saturated rings. The Hall–Kier alpha value is -3.61. The molecule has 0 spiro atoms. The second kappa shape index (κ2) is 7.33. The van der Waals surface area contributed by atoms with Gasteiger partial charge in [0.1, 0.15) is 0 Å². The van der Waals surface area contributed by atoms with E-state index in [1.54, 1.807) is 37.3 Å². The normalized spacial score (nSPS) is 10.5. The maximum atomic E-state index is 12.4. The van der Waals surface area contributed by atoms with Crippen LogP contribution in [0.1, 0.15) is 33.3 Å². The van der Waals surface area contributed by atoms with E-state index in [4.69, 9.17) is 4.74 Å². The van der Waals surface area contributed by atoms with E-state index in [-0.39, 0.29) is 11.3 Å². The number of fused-ring (bicyclic) bond motifs is 1.